The van der Waals surface area contributed by atoms with Gasteiger partial charge in [0.15, 0.2) is 0 Å². The molecule has 0 fully saturated rings. The average molecular weight is 761 g/mol. The van der Waals surface area contributed by atoms with Crippen molar-refractivity contribution in [1.29, 1.82) is 0 Å². The molecule has 280 valence electrons. The van der Waals surface area contributed by atoms with Gasteiger partial charge in [0.05, 0.1) is 10.8 Å². The van der Waals surface area contributed by atoms with Gasteiger partial charge in [-0.05, 0) is 112 Å². The van der Waals surface area contributed by atoms with E-state index in [9.17, 15) is 0 Å². The summed E-state index contributed by atoms with van der Waals surface area (Å²) in [4.78, 5) is 0. The van der Waals surface area contributed by atoms with E-state index in [1.165, 1.54) is 99.8 Å². The molecule has 12 rings (SSSR count). The molecule has 0 unspecified atom stereocenters. The predicted octanol–water partition coefficient (Wildman–Crippen LogP) is 14.9. The van der Waals surface area contributed by atoms with Gasteiger partial charge in [0.1, 0.15) is 0 Å². The van der Waals surface area contributed by atoms with Gasteiger partial charge in [0.25, 0.3) is 0 Å². The molecule has 0 nitrogen and oxygen atoms in total. The molecule has 0 aromatic heterocycles. The van der Waals surface area contributed by atoms with Gasteiger partial charge in [-0.3, -0.25) is 0 Å². The summed E-state index contributed by atoms with van der Waals surface area (Å²) < 4.78 is 0. The Morgan fingerprint density at radius 1 is 0.200 bits per heavy atom. The Balaban J connectivity index is 1.28. The minimum absolute atomic E-state index is 0.605. The Kier molecular flexibility index (Phi) is 7.77. The summed E-state index contributed by atoms with van der Waals surface area (Å²) in [6.45, 7) is 0. The van der Waals surface area contributed by atoms with E-state index in [0.717, 1.165) is 0 Å². The van der Waals surface area contributed by atoms with Gasteiger partial charge in [-0.15, -0.1) is 0 Å². The molecule has 10 aromatic carbocycles. The molecule has 0 heterocycles. The Bertz CT molecular complexity index is 2900. The maximum Gasteiger partial charge on any atom is 0.0714 e. The second kappa shape index (κ2) is 13.5. The molecule has 0 N–H and O–H groups in total. The summed E-state index contributed by atoms with van der Waals surface area (Å²) in [6, 6.07) is 90.8. The summed E-state index contributed by atoms with van der Waals surface area (Å²) in [6.07, 6.45) is 0. The molecule has 60 heavy (non-hydrogen) atoms. The summed E-state index contributed by atoms with van der Waals surface area (Å²) in [5.74, 6) is 0. The summed E-state index contributed by atoms with van der Waals surface area (Å²) in [5.41, 5.74) is 19.0. The molecule has 0 atom stereocenters. The maximum absolute atomic E-state index is 2.50. The van der Waals surface area contributed by atoms with Crippen molar-refractivity contribution in [3.05, 3.63) is 287 Å². The fourth-order valence-corrected chi connectivity index (χ4v) is 11.0. The van der Waals surface area contributed by atoms with Gasteiger partial charge >= 0.3 is 0 Å². The van der Waals surface area contributed by atoms with Crippen molar-refractivity contribution in [2.75, 3.05) is 0 Å². The molecular weight excluding hydrogens is 721 g/mol. The summed E-state index contributed by atoms with van der Waals surface area (Å²) in [7, 11) is 0. The van der Waals surface area contributed by atoms with Crippen molar-refractivity contribution in [3.63, 3.8) is 0 Å². The lowest BCUT2D eigenvalue weighted by atomic mass is 9.55. The zero-order valence-electron chi connectivity index (χ0n) is 33.1. The first kappa shape index (κ1) is 34.5. The number of rotatable bonds is 6. The zero-order chi connectivity index (χ0) is 39.7. The Labute approximate surface area is 351 Å². The number of hydrogen-bond acceptors (Lipinski definition) is 0. The van der Waals surface area contributed by atoms with Crippen molar-refractivity contribution in [1.82, 2.24) is 0 Å². The molecule has 0 spiro atoms. The number of benzene rings is 10. The van der Waals surface area contributed by atoms with Gasteiger partial charge in [-0.2, -0.15) is 0 Å². The highest BCUT2D eigenvalue weighted by atomic mass is 14.5. The first-order valence-corrected chi connectivity index (χ1v) is 21.0. The quantitative estimate of drug-likeness (QED) is 0.158. The molecule has 2 aliphatic carbocycles. The van der Waals surface area contributed by atoms with Crippen LogP contribution in [0.3, 0.4) is 0 Å². The molecule has 2 aliphatic rings. The smallest absolute Gasteiger partial charge is 0.0622 e. The van der Waals surface area contributed by atoms with Gasteiger partial charge in [-0.25, -0.2) is 0 Å². The maximum atomic E-state index is 2.50. The first-order chi connectivity index (χ1) is 29.8. The van der Waals surface area contributed by atoms with E-state index in [1.807, 2.05) is 0 Å². The van der Waals surface area contributed by atoms with Crippen molar-refractivity contribution in [2.45, 2.75) is 10.8 Å². The van der Waals surface area contributed by atoms with Crippen LogP contribution in [0, 0.1) is 0 Å². The monoisotopic (exact) mass is 760 g/mol. The van der Waals surface area contributed by atoms with E-state index >= 15 is 0 Å². The van der Waals surface area contributed by atoms with Crippen LogP contribution in [0.1, 0.15) is 44.5 Å². The molecule has 0 heteroatoms. The van der Waals surface area contributed by atoms with Crippen LogP contribution < -0.4 is 0 Å². The lowest BCUT2D eigenvalue weighted by Gasteiger charge is -2.46. The Hall–Kier alpha value is -7.54. The molecule has 10 aromatic rings. The normalized spacial score (nSPS) is 13.9. The van der Waals surface area contributed by atoms with Crippen molar-refractivity contribution < 1.29 is 0 Å². The average Bonchev–Trinajstić information content (AvgIpc) is 3.34. The summed E-state index contributed by atoms with van der Waals surface area (Å²) >= 11 is 0. The molecule has 0 aliphatic heterocycles. The fourth-order valence-electron chi connectivity index (χ4n) is 11.0. The van der Waals surface area contributed by atoms with E-state index in [2.05, 4.69) is 243 Å². The lowest BCUT2D eigenvalue weighted by molar-refractivity contribution is 0.735. The predicted molar refractivity (Wildman–Crippen MR) is 249 cm³/mol. The minimum atomic E-state index is -0.605. The number of hydrogen-bond donors (Lipinski definition) is 0. The van der Waals surface area contributed by atoms with Crippen molar-refractivity contribution in [3.8, 4) is 44.5 Å². The Morgan fingerprint density at radius 3 is 0.800 bits per heavy atom. The highest BCUT2D eigenvalue weighted by Crippen LogP contribution is 2.62. The van der Waals surface area contributed by atoms with Crippen LogP contribution in [0.15, 0.2) is 243 Å². The van der Waals surface area contributed by atoms with Crippen LogP contribution in [-0.4, -0.2) is 0 Å². The third-order valence-electron chi connectivity index (χ3n) is 13.4. The first-order valence-electron chi connectivity index (χ1n) is 21.0. The second-order valence-corrected chi connectivity index (χ2v) is 16.3. The molecular formula is C60H40. The zero-order valence-corrected chi connectivity index (χ0v) is 33.1. The topological polar surface area (TPSA) is 0 Å². The Morgan fingerprint density at radius 2 is 0.483 bits per heavy atom. The largest absolute Gasteiger partial charge is 0.0714 e. The van der Waals surface area contributed by atoms with Crippen LogP contribution in [0.25, 0.3) is 55.3 Å². The van der Waals surface area contributed by atoms with Gasteiger partial charge in [0.2, 0.25) is 0 Å². The standard InChI is InChI=1S/C60H40/c1-7-19-41(20-8-1)43-31-33-49-51-35-36-52-50-34-32-44(42-21-9-2-10-22-42)40-56(50)60(47-27-15-5-16-28-47,48-29-17-6-18-30-48)54-38-37-53(57(51)58(52)54)59(55(49)39-43,45-23-11-3-12-24-45)46-25-13-4-14-26-46/h1-40H. The van der Waals surface area contributed by atoms with Gasteiger partial charge in [0, 0.05) is 0 Å². The molecule has 0 saturated heterocycles. The van der Waals surface area contributed by atoms with Crippen LogP contribution in [0.2, 0.25) is 0 Å². The third kappa shape index (κ3) is 4.79. The van der Waals surface area contributed by atoms with E-state index in [4.69, 9.17) is 0 Å². The van der Waals surface area contributed by atoms with Gasteiger partial charge in [-0.1, -0.05) is 231 Å². The summed E-state index contributed by atoms with van der Waals surface area (Å²) in [5, 5.41) is 2.65. The van der Waals surface area contributed by atoms with Crippen molar-refractivity contribution >= 4 is 10.8 Å². The lowest BCUT2D eigenvalue weighted by Crippen LogP contribution is -2.37. The second-order valence-electron chi connectivity index (χ2n) is 16.3. The van der Waals surface area contributed by atoms with Crippen LogP contribution in [0.4, 0.5) is 0 Å². The SMILES string of the molecule is c1ccc(-c2ccc3c(c2)C(c2ccccc2)(c2ccccc2)c2ccc4c5c(ccc-3c25)-c2ccc(-c3ccccc3)cc2C4(c2ccccc2)c2ccccc2)cc1. The van der Waals surface area contributed by atoms with Crippen LogP contribution in [-0.2, 0) is 10.8 Å². The van der Waals surface area contributed by atoms with Crippen molar-refractivity contribution in [2.24, 2.45) is 0 Å². The molecule has 0 bridgehead atoms. The van der Waals surface area contributed by atoms with E-state index in [0.29, 0.717) is 0 Å². The van der Waals surface area contributed by atoms with Gasteiger partial charge < -0.3 is 0 Å². The van der Waals surface area contributed by atoms with Crippen LogP contribution >= 0.6 is 0 Å². The van der Waals surface area contributed by atoms with E-state index < -0.39 is 10.8 Å². The molecule has 0 saturated carbocycles. The molecule has 0 amide bonds. The highest BCUT2D eigenvalue weighted by Gasteiger charge is 2.49. The fraction of sp³-hybridized carbons (Fsp3) is 0.0333. The van der Waals surface area contributed by atoms with E-state index in [-0.39, 0.29) is 0 Å². The minimum Gasteiger partial charge on any atom is -0.0622 e. The molecule has 0 radical (unpaired) electrons. The van der Waals surface area contributed by atoms with Crippen LogP contribution in [0.5, 0.6) is 0 Å². The number of fused-ring (bicyclic) bond motifs is 4. The third-order valence-corrected chi connectivity index (χ3v) is 13.4. The highest BCUT2D eigenvalue weighted by molar-refractivity contribution is 6.15. The van der Waals surface area contributed by atoms with E-state index in [1.54, 1.807) is 0 Å².